The summed E-state index contributed by atoms with van der Waals surface area (Å²) in [7, 11) is 0. The standard InChI is InChI=1S/C19H18N2O/c22-19(18-9-5-2-6-10-18)21-15-13-20(14-16-21)12-11-17-7-3-1-4-8-17/h1-10H,13-16H2. The molecule has 0 atom stereocenters. The summed E-state index contributed by atoms with van der Waals surface area (Å²) in [4.78, 5) is 16.3. The summed E-state index contributed by atoms with van der Waals surface area (Å²) < 4.78 is 0. The van der Waals surface area contributed by atoms with E-state index < -0.39 is 0 Å². The van der Waals surface area contributed by atoms with Crippen molar-refractivity contribution in [2.75, 3.05) is 26.2 Å². The highest BCUT2D eigenvalue weighted by Gasteiger charge is 2.20. The molecule has 0 spiro atoms. The van der Waals surface area contributed by atoms with Crippen LogP contribution in [-0.4, -0.2) is 41.9 Å². The van der Waals surface area contributed by atoms with Gasteiger partial charge in [-0.3, -0.25) is 4.79 Å². The Morgan fingerprint density at radius 3 is 2.05 bits per heavy atom. The van der Waals surface area contributed by atoms with Crippen molar-refractivity contribution in [3.05, 3.63) is 71.8 Å². The molecule has 3 rings (SSSR count). The van der Waals surface area contributed by atoms with Crippen LogP contribution < -0.4 is 0 Å². The van der Waals surface area contributed by atoms with E-state index in [-0.39, 0.29) is 5.91 Å². The Hall–Kier alpha value is -2.73. The first-order valence-electron chi connectivity index (χ1n) is 7.49. The number of benzene rings is 2. The van der Waals surface area contributed by atoms with E-state index in [4.69, 9.17) is 0 Å². The Morgan fingerprint density at radius 1 is 0.818 bits per heavy atom. The molecule has 110 valence electrons. The summed E-state index contributed by atoms with van der Waals surface area (Å²) >= 11 is 0. The van der Waals surface area contributed by atoms with Crippen LogP contribution in [-0.2, 0) is 0 Å². The van der Waals surface area contributed by atoms with Crippen LogP contribution in [0.1, 0.15) is 15.9 Å². The fourth-order valence-electron chi connectivity index (χ4n) is 2.45. The monoisotopic (exact) mass is 290 g/mol. The number of hydrogen-bond donors (Lipinski definition) is 0. The number of rotatable bonds is 1. The Morgan fingerprint density at radius 2 is 1.41 bits per heavy atom. The first kappa shape index (κ1) is 14.2. The average molecular weight is 290 g/mol. The van der Waals surface area contributed by atoms with Crippen LogP contribution in [0.25, 0.3) is 0 Å². The molecule has 2 aromatic carbocycles. The minimum atomic E-state index is 0.108. The van der Waals surface area contributed by atoms with Crippen molar-refractivity contribution in [3.63, 3.8) is 0 Å². The molecule has 0 bridgehead atoms. The zero-order chi connectivity index (χ0) is 15.2. The molecule has 1 fully saturated rings. The maximum absolute atomic E-state index is 12.4. The van der Waals surface area contributed by atoms with Crippen LogP contribution in [0.3, 0.4) is 0 Å². The highest BCUT2D eigenvalue weighted by atomic mass is 16.2. The van der Waals surface area contributed by atoms with Gasteiger partial charge in [0.15, 0.2) is 0 Å². The zero-order valence-electron chi connectivity index (χ0n) is 12.4. The number of carbonyl (C=O) groups excluding carboxylic acids is 1. The second kappa shape index (κ2) is 6.82. The van der Waals surface area contributed by atoms with Gasteiger partial charge in [0.25, 0.3) is 5.91 Å². The van der Waals surface area contributed by atoms with E-state index in [0.717, 1.165) is 37.3 Å². The predicted octanol–water partition coefficient (Wildman–Crippen LogP) is 2.45. The van der Waals surface area contributed by atoms with E-state index in [1.807, 2.05) is 65.6 Å². The van der Waals surface area contributed by atoms with Gasteiger partial charge in [0.05, 0.1) is 0 Å². The second-order valence-corrected chi connectivity index (χ2v) is 5.25. The lowest BCUT2D eigenvalue weighted by molar-refractivity contribution is 0.0686. The minimum Gasteiger partial charge on any atom is -0.335 e. The molecular formula is C19H18N2O. The van der Waals surface area contributed by atoms with E-state index in [2.05, 4.69) is 16.9 Å². The topological polar surface area (TPSA) is 23.6 Å². The molecule has 3 nitrogen and oxygen atoms in total. The van der Waals surface area contributed by atoms with Gasteiger partial charge in [-0.05, 0) is 30.2 Å². The predicted molar refractivity (Wildman–Crippen MR) is 87.2 cm³/mol. The minimum absolute atomic E-state index is 0.108. The molecule has 1 aliphatic heterocycles. The molecule has 2 aromatic rings. The third-order valence-corrected chi connectivity index (χ3v) is 3.72. The van der Waals surface area contributed by atoms with Crippen molar-refractivity contribution in [1.82, 2.24) is 9.80 Å². The van der Waals surface area contributed by atoms with Crippen molar-refractivity contribution in [2.24, 2.45) is 0 Å². The molecule has 0 aliphatic carbocycles. The van der Waals surface area contributed by atoms with Gasteiger partial charge in [-0.1, -0.05) is 36.4 Å². The molecule has 22 heavy (non-hydrogen) atoms. The molecule has 0 unspecified atom stereocenters. The molecule has 3 heteroatoms. The number of carbonyl (C=O) groups is 1. The first-order valence-corrected chi connectivity index (χ1v) is 7.49. The zero-order valence-corrected chi connectivity index (χ0v) is 12.4. The summed E-state index contributed by atoms with van der Waals surface area (Å²) in [5.74, 6) is 3.27. The normalized spacial score (nSPS) is 14.2. The quantitative estimate of drug-likeness (QED) is 0.753. The van der Waals surface area contributed by atoms with Crippen LogP contribution in [0, 0.1) is 12.0 Å². The number of amides is 1. The molecule has 0 N–H and O–H groups in total. The fraction of sp³-hybridized carbons (Fsp3) is 0.211. The van der Waals surface area contributed by atoms with Gasteiger partial charge >= 0.3 is 0 Å². The summed E-state index contributed by atoms with van der Waals surface area (Å²) in [6, 6.07) is 22.6. The van der Waals surface area contributed by atoms with Gasteiger partial charge in [0, 0.05) is 43.4 Å². The van der Waals surface area contributed by atoms with Gasteiger partial charge in [0.1, 0.15) is 0 Å². The molecular weight excluding hydrogens is 272 g/mol. The van der Waals surface area contributed by atoms with Gasteiger partial charge in [-0.25, -0.2) is 0 Å². The molecule has 0 saturated carbocycles. The van der Waals surface area contributed by atoms with E-state index in [1.165, 1.54) is 0 Å². The summed E-state index contributed by atoms with van der Waals surface area (Å²) in [5, 5.41) is 0. The van der Waals surface area contributed by atoms with Crippen LogP contribution in [0.5, 0.6) is 0 Å². The van der Waals surface area contributed by atoms with Crippen LogP contribution >= 0.6 is 0 Å². The highest BCUT2D eigenvalue weighted by Crippen LogP contribution is 2.08. The number of hydrogen-bond acceptors (Lipinski definition) is 2. The van der Waals surface area contributed by atoms with Crippen LogP contribution in [0.15, 0.2) is 60.7 Å². The lowest BCUT2D eigenvalue weighted by Gasteiger charge is -2.32. The smallest absolute Gasteiger partial charge is 0.253 e. The maximum Gasteiger partial charge on any atom is 0.253 e. The second-order valence-electron chi connectivity index (χ2n) is 5.25. The summed E-state index contributed by atoms with van der Waals surface area (Å²) in [5.41, 5.74) is 1.77. The van der Waals surface area contributed by atoms with Crippen molar-refractivity contribution < 1.29 is 4.79 Å². The third kappa shape index (κ3) is 3.48. The highest BCUT2D eigenvalue weighted by molar-refractivity contribution is 5.94. The largest absolute Gasteiger partial charge is 0.335 e. The summed E-state index contributed by atoms with van der Waals surface area (Å²) in [6.07, 6.45) is 0. The third-order valence-electron chi connectivity index (χ3n) is 3.72. The fourth-order valence-corrected chi connectivity index (χ4v) is 2.45. The number of nitrogens with zero attached hydrogens (tertiary/aromatic N) is 2. The summed E-state index contributed by atoms with van der Waals surface area (Å²) in [6.45, 7) is 3.02. The molecule has 1 saturated heterocycles. The van der Waals surface area contributed by atoms with Crippen molar-refractivity contribution in [3.8, 4) is 12.0 Å². The van der Waals surface area contributed by atoms with E-state index in [9.17, 15) is 4.79 Å². The number of piperazine rings is 1. The van der Waals surface area contributed by atoms with Gasteiger partial charge in [-0.2, -0.15) is 0 Å². The lowest BCUT2D eigenvalue weighted by Crippen LogP contribution is -2.47. The van der Waals surface area contributed by atoms with E-state index in [1.54, 1.807) is 0 Å². The molecule has 1 amide bonds. The molecule has 1 aliphatic rings. The van der Waals surface area contributed by atoms with Crippen LogP contribution in [0.4, 0.5) is 0 Å². The average Bonchev–Trinajstić information content (AvgIpc) is 2.61. The van der Waals surface area contributed by atoms with E-state index >= 15 is 0 Å². The Labute approximate surface area is 131 Å². The van der Waals surface area contributed by atoms with Gasteiger partial charge in [0.2, 0.25) is 0 Å². The molecule has 0 radical (unpaired) electrons. The SMILES string of the molecule is O=C(c1ccccc1)N1CCN(C#Cc2ccccc2)CC1. The van der Waals surface area contributed by atoms with E-state index in [0.29, 0.717) is 0 Å². The van der Waals surface area contributed by atoms with Gasteiger partial charge in [-0.15, -0.1) is 0 Å². The van der Waals surface area contributed by atoms with Gasteiger partial charge < -0.3 is 9.80 Å². The Kier molecular flexibility index (Phi) is 4.41. The molecule has 0 aromatic heterocycles. The maximum atomic E-state index is 12.4. The molecule has 1 heterocycles. The Bertz CT molecular complexity index is 678. The first-order chi connectivity index (χ1) is 10.8. The lowest BCUT2D eigenvalue weighted by atomic mass is 10.2. The Balaban J connectivity index is 1.57. The van der Waals surface area contributed by atoms with Crippen molar-refractivity contribution >= 4 is 5.91 Å². The van der Waals surface area contributed by atoms with Crippen molar-refractivity contribution in [2.45, 2.75) is 0 Å². The van der Waals surface area contributed by atoms with Crippen LogP contribution in [0.2, 0.25) is 0 Å². The van der Waals surface area contributed by atoms with Crippen molar-refractivity contribution in [1.29, 1.82) is 0 Å².